The molecule has 0 saturated heterocycles. The van der Waals surface area contributed by atoms with E-state index in [9.17, 15) is 0 Å². The second-order valence-electron chi connectivity index (χ2n) is 3.50. The maximum atomic E-state index is 6.35. The summed E-state index contributed by atoms with van der Waals surface area (Å²) >= 11 is 11.7. The first-order valence-electron chi connectivity index (χ1n) is 5.07. The van der Waals surface area contributed by atoms with Crippen molar-refractivity contribution in [1.82, 2.24) is 0 Å². The molecule has 1 atom stereocenters. The van der Waals surface area contributed by atoms with E-state index in [1.54, 1.807) is 0 Å². The van der Waals surface area contributed by atoms with Gasteiger partial charge in [-0.3, -0.25) is 0 Å². The Morgan fingerprint density at radius 2 is 1.38 bits per heavy atom. The van der Waals surface area contributed by atoms with Gasteiger partial charge in [-0.05, 0) is 11.1 Å². The van der Waals surface area contributed by atoms with E-state index in [1.165, 1.54) is 0 Å². The molecule has 0 heterocycles. The first-order chi connectivity index (χ1) is 7.79. The molecule has 0 saturated carbocycles. The molecule has 1 unspecified atom stereocenters. The van der Waals surface area contributed by atoms with Crippen LogP contribution in [0.25, 0.3) is 0 Å². The molecule has 0 aliphatic heterocycles. The zero-order valence-corrected chi connectivity index (χ0v) is 10.2. The summed E-state index contributed by atoms with van der Waals surface area (Å²) < 4.78 is 0. The Bertz CT molecular complexity index is 465. The van der Waals surface area contributed by atoms with Crippen molar-refractivity contribution in [3.05, 3.63) is 71.8 Å². The van der Waals surface area contributed by atoms with E-state index in [1.807, 2.05) is 60.7 Å². The Kier molecular flexibility index (Phi) is 3.70. The van der Waals surface area contributed by atoms with E-state index >= 15 is 0 Å². The van der Waals surface area contributed by atoms with E-state index in [0.29, 0.717) is 0 Å². The molecule has 0 fully saturated rings. The second-order valence-corrected chi connectivity index (χ2v) is 4.38. The van der Waals surface area contributed by atoms with Gasteiger partial charge in [0, 0.05) is 4.86 Å². The third-order valence-electron chi connectivity index (χ3n) is 2.38. The van der Waals surface area contributed by atoms with Gasteiger partial charge in [0.05, 0.1) is 5.38 Å². The lowest BCUT2D eigenvalue weighted by Gasteiger charge is -2.11. The molecule has 2 rings (SSSR count). The van der Waals surface area contributed by atoms with Crippen LogP contribution < -0.4 is 0 Å². The van der Waals surface area contributed by atoms with Crippen molar-refractivity contribution in [2.24, 2.45) is 0 Å². The molecule has 0 amide bonds. The maximum absolute atomic E-state index is 6.35. The lowest BCUT2D eigenvalue weighted by atomic mass is 10.0. The Labute approximate surface area is 106 Å². The van der Waals surface area contributed by atoms with Crippen LogP contribution in [0.2, 0.25) is 0 Å². The van der Waals surface area contributed by atoms with E-state index in [-0.39, 0.29) is 5.38 Å². The van der Waals surface area contributed by atoms with Crippen LogP contribution in [0.1, 0.15) is 16.5 Å². The molecular weight excluding hydrogens is 236 g/mol. The van der Waals surface area contributed by atoms with Crippen molar-refractivity contribution < 1.29 is 0 Å². The molecule has 0 aliphatic rings. The molecule has 16 heavy (non-hydrogen) atoms. The van der Waals surface area contributed by atoms with Crippen molar-refractivity contribution in [3.8, 4) is 0 Å². The van der Waals surface area contributed by atoms with Crippen LogP contribution in [0, 0.1) is 0 Å². The quantitative estimate of drug-likeness (QED) is 0.440. The highest BCUT2D eigenvalue weighted by atomic mass is 35.5. The van der Waals surface area contributed by atoms with E-state index in [0.717, 1.165) is 16.0 Å². The monoisotopic (exact) mass is 246 g/mol. The topological polar surface area (TPSA) is 0 Å². The molecule has 0 nitrogen and oxygen atoms in total. The minimum Gasteiger partial charge on any atom is -0.112 e. The number of thiocarbonyl (C=S) groups is 1. The predicted molar refractivity (Wildman–Crippen MR) is 73.2 cm³/mol. The van der Waals surface area contributed by atoms with Crippen molar-refractivity contribution in [3.63, 3.8) is 0 Å². The van der Waals surface area contributed by atoms with Crippen LogP contribution in [-0.4, -0.2) is 4.86 Å². The van der Waals surface area contributed by atoms with Crippen LogP contribution >= 0.6 is 23.8 Å². The molecule has 2 aromatic rings. The molecule has 0 bridgehead atoms. The largest absolute Gasteiger partial charge is 0.112 e. The van der Waals surface area contributed by atoms with Gasteiger partial charge < -0.3 is 0 Å². The molecule has 0 radical (unpaired) electrons. The highest BCUT2D eigenvalue weighted by molar-refractivity contribution is 7.81. The van der Waals surface area contributed by atoms with Gasteiger partial charge in [0.2, 0.25) is 0 Å². The fourth-order valence-corrected chi connectivity index (χ4v) is 2.07. The molecule has 0 N–H and O–H groups in total. The summed E-state index contributed by atoms with van der Waals surface area (Å²) in [4.78, 5) is 0.772. The minimum absolute atomic E-state index is 0.237. The van der Waals surface area contributed by atoms with Gasteiger partial charge in [0.15, 0.2) is 0 Å². The first-order valence-corrected chi connectivity index (χ1v) is 5.92. The predicted octanol–water partition coefficient (Wildman–Crippen LogP) is 4.38. The Hall–Kier alpha value is -1.18. The van der Waals surface area contributed by atoms with Crippen molar-refractivity contribution >= 4 is 28.7 Å². The van der Waals surface area contributed by atoms with Gasteiger partial charge >= 0.3 is 0 Å². The smallest absolute Gasteiger partial charge is 0.0942 e. The summed E-state index contributed by atoms with van der Waals surface area (Å²) in [5.74, 6) is 0. The van der Waals surface area contributed by atoms with Crippen LogP contribution in [-0.2, 0) is 0 Å². The molecule has 0 spiro atoms. The molecule has 2 heteroatoms. The van der Waals surface area contributed by atoms with Crippen LogP contribution in [0.3, 0.4) is 0 Å². The zero-order chi connectivity index (χ0) is 11.4. The highest BCUT2D eigenvalue weighted by Crippen LogP contribution is 2.25. The Balaban J connectivity index is 2.24. The average molecular weight is 247 g/mol. The molecular formula is C14H11ClS. The summed E-state index contributed by atoms with van der Waals surface area (Å²) in [5, 5.41) is -0.237. The van der Waals surface area contributed by atoms with Crippen molar-refractivity contribution in [2.75, 3.05) is 0 Å². The number of benzene rings is 2. The van der Waals surface area contributed by atoms with Crippen molar-refractivity contribution in [1.29, 1.82) is 0 Å². The normalized spacial score (nSPS) is 12.1. The van der Waals surface area contributed by atoms with Crippen LogP contribution in [0.5, 0.6) is 0 Å². The lowest BCUT2D eigenvalue weighted by molar-refractivity contribution is 1.29. The zero-order valence-electron chi connectivity index (χ0n) is 8.64. The number of halogens is 1. The summed E-state index contributed by atoms with van der Waals surface area (Å²) in [6, 6.07) is 19.8. The number of hydrogen-bond donors (Lipinski definition) is 0. The van der Waals surface area contributed by atoms with Gasteiger partial charge in [-0.15, -0.1) is 11.6 Å². The summed E-state index contributed by atoms with van der Waals surface area (Å²) in [5.41, 5.74) is 2.05. The Morgan fingerprint density at radius 1 is 0.875 bits per heavy atom. The molecule has 0 aromatic heterocycles. The van der Waals surface area contributed by atoms with Gasteiger partial charge in [-0.1, -0.05) is 72.9 Å². The summed E-state index contributed by atoms with van der Waals surface area (Å²) in [7, 11) is 0. The number of rotatable bonds is 3. The Morgan fingerprint density at radius 3 is 1.94 bits per heavy atom. The van der Waals surface area contributed by atoms with Crippen LogP contribution in [0.15, 0.2) is 60.7 Å². The average Bonchev–Trinajstić information content (AvgIpc) is 2.39. The van der Waals surface area contributed by atoms with Gasteiger partial charge in [0.1, 0.15) is 0 Å². The molecule has 0 aliphatic carbocycles. The van der Waals surface area contributed by atoms with E-state index < -0.39 is 0 Å². The summed E-state index contributed by atoms with van der Waals surface area (Å²) in [6.45, 7) is 0. The lowest BCUT2D eigenvalue weighted by Crippen LogP contribution is -2.05. The number of hydrogen-bond acceptors (Lipinski definition) is 1. The van der Waals surface area contributed by atoms with Gasteiger partial charge in [0.25, 0.3) is 0 Å². The number of alkyl halides is 1. The maximum Gasteiger partial charge on any atom is 0.0942 e. The standard InChI is InChI=1S/C14H11ClS/c15-13(11-7-3-1-4-8-11)14(16)12-9-5-2-6-10-12/h1-10,13H. The second kappa shape index (κ2) is 5.24. The fourth-order valence-electron chi connectivity index (χ4n) is 1.52. The summed E-state index contributed by atoms with van der Waals surface area (Å²) in [6.07, 6.45) is 0. The molecule has 80 valence electrons. The first kappa shape index (κ1) is 11.3. The van der Waals surface area contributed by atoms with Crippen molar-refractivity contribution in [2.45, 2.75) is 5.38 Å². The van der Waals surface area contributed by atoms with Gasteiger partial charge in [-0.2, -0.15) is 0 Å². The van der Waals surface area contributed by atoms with Gasteiger partial charge in [-0.25, -0.2) is 0 Å². The molecule has 2 aromatic carbocycles. The van der Waals surface area contributed by atoms with E-state index in [2.05, 4.69) is 0 Å². The fraction of sp³-hybridized carbons (Fsp3) is 0.0714. The minimum atomic E-state index is -0.237. The van der Waals surface area contributed by atoms with Crippen LogP contribution in [0.4, 0.5) is 0 Å². The third kappa shape index (κ3) is 2.49. The SMILES string of the molecule is S=C(c1ccccc1)C(Cl)c1ccccc1. The van der Waals surface area contributed by atoms with E-state index in [4.69, 9.17) is 23.8 Å². The highest BCUT2D eigenvalue weighted by Gasteiger charge is 2.14. The third-order valence-corrected chi connectivity index (χ3v) is 3.45.